The fraction of sp³-hybridized carbons (Fsp3) is 0.823. The molecule has 2 heterocycles. The zero-order valence-corrected chi connectivity index (χ0v) is 47.5. The summed E-state index contributed by atoms with van der Waals surface area (Å²) in [6.45, 7) is 3.56. The van der Waals surface area contributed by atoms with Crippen molar-refractivity contribution in [2.75, 3.05) is 33.0 Å². The Morgan fingerprint density at radius 3 is 1.33 bits per heavy atom. The minimum atomic E-state index is -1.72. The van der Waals surface area contributed by atoms with Crippen LogP contribution < -0.4 is 0 Å². The number of ether oxygens (including phenoxy) is 6. The summed E-state index contributed by atoms with van der Waals surface area (Å²) in [4.78, 5) is 13.1. The number of allylic oxidation sites excluding steroid dienone is 10. The molecular formula is C62H110O14. The van der Waals surface area contributed by atoms with Crippen LogP contribution >= 0.6 is 0 Å². The van der Waals surface area contributed by atoms with Crippen molar-refractivity contribution in [2.24, 2.45) is 0 Å². The minimum absolute atomic E-state index is 0.0484. The van der Waals surface area contributed by atoms with E-state index >= 15 is 0 Å². The van der Waals surface area contributed by atoms with Crippen LogP contribution in [0, 0.1) is 0 Å². The van der Waals surface area contributed by atoms with Crippen LogP contribution in [0.1, 0.15) is 226 Å². The Labute approximate surface area is 460 Å². The van der Waals surface area contributed by atoms with Crippen LogP contribution in [-0.2, 0) is 33.2 Å². The number of esters is 1. The van der Waals surface area contributed by atoms with Gasteiger partial charge in [0.2, 0.25) is 0 Å². The van der Waals surface area contributed by atoms with Gasteiger partial charge >= 0.3 is 5.97 Å². The molecule has 2 fully saturated rings. The predicted molar refractivity (Wildman–Crippen MR) is 302 cm³/mol. The first kappa shape index (κ1) is 69.8. The molecule has 2 aliphatic heterocycles. The average molecular weight is 1080 g/mol. The second-order valence-corrected chi connectivity index (χ2v) is 21.2. The molecule has 442 valence electrons. The van der Waals surface area contributed by atoms with Gasteiger partial charge in [0.1, 0.15) is 54.9 Å². The molecule has 14 heteroatoms. The lowest BCUT2D eigenvalue weighted by Crippen LogP contribution is -2.61. The van der Waals surface area contributed by atoms with Gasteiger partial charge in [-0.1, -0.05) is 222 Å². The van der Waals surface area contributed by atoms with Crippen molar-refractivity contribution in [1.29, 1.82) is 0 Å². The van der Waals surface area contributed by atoms with E-state index in [2.05, 4.69) is 74.6 Å². The van der Waals surface area contributed by atoms with Gasteiger partial charge in [-0.05, 0) is 57.8 Å². The molecule has 0 amide bonds. The van der Waals surface area contributed by atoms with Gasteiger partial charge in [0.05, 0.1) is 26.4 Å². The van der Waals surface area contributed by atoms with Crippen molar-refractivity contribution in [3.63, 3.8) is 0 Å². The molecule has 0 radical (unpaired) electrons. The molecule has 2 saturated heterocycles. The molecule has 0 bridgehead atoms. The van der Waals surface area contributed by atoms with Crippen LogP contribution in [0.15, 0.2) is 60.8 Å². The van der Waals surface area contributed by atoms with Crippen LogP contribution in [0.25, 0.3) is 0 Å². The Morgan fingerprint density at radius 1 is 0.447 bits per heavy atom. The third-order valence-corrected chi connectivity index (χ3v) is 14.3. The molecule has 7 N–H and O–H groups in total. The van der Waals surface area contributed by atoms with E-state index in [1.807, 2.05) is 0 Å². The predicted octanol–water partition coefficient (Wildman–Crippen LogP) is 11.2. The second-order valence-electron chi connectivity index (χ2n) is 21.2. The molecule has 2 aliphatic rings. The zero-order chi connectivity index (χ0) is 55.1. The van der Waals surface area contributed by atoms with E-state index in [1.165, 1.54) is 128 Å². The lowest BCUT2D eigenvalue weighted by molar-refractivity contribution is -0.332. The van der Waals surface area contributed by atoms with E-state index < -0.39 is 86.7 Å². The molecule has 0 aromatic carbocycles. The quantitative estimate of drug-likeness (QED) is 0.0172. The SMILES string of the molecule is CC/C=C\C/C=C\C/C=C\C/C=C\C/C=C\CCCCCC(=O)OC(COCCCCCCCCCCCCCCCCCCCCCCCCC)COC1OC(COC2OC(CO)C(O)C(O)C2O)C(O)C(O)C1O. The summed E-state index contributed by atoms with van der Waals surface area (Å²) in [6.07, 6.45) is 44.3. The van der Waals surface area contributed by atoms with E-state index in [9.17, 15) is 40.5 Å². The Bertz CT molecular complexity index is 1490. The van der Waals surface area contributed by atoms with Gasteiger partial charge in [0.15, 0.2) is 12.6 Å². The molecule has 76 heavy (non-hydrogen) atoms. The van der Waals surface area contributed by atoms with Crippen LogP contribution in [0.5, 0.6) is 0 Å². The third kappa shape index (κ3) is 34.6. The van der Waals surface area contributed by atoms with Crippen molar-refractivity contribution in [2.45, 2.75) is 293 Å². The number of aliphatic hydroxyl groups is 7. The number of carbonyl (C=O) groups is 1. The Balaban J connectivity index is 1.71. The van der Waals surface area contributed by atoms with Crippen LogP contribution in [-0.4, -0.2) is 142 Å². The highest BCUT2D eigenvalue weighted by Crippen LogP contribution is 2.27. The molecule has 0 aromatic heterocycles. The number of rotatable bonds is 49. The molecule has 0 saturated carbocycles. The molecule has 2 rings (SSSR count). The summed E-state index contributed by atoms with van der Waals surface area (Å²) >= 11 is 0. The van der Waals surface area contributed by atoms with E-state index in [4.69, 9.17) is 28.4 Å². The summed E-state index contributed by atoms with van der Waals surface area (Å²) in [5.41, 5.74) is 0. The number of hydrogen-bond donors (Lipinski definition) is 7. The minimum Gasteiger partial charge on any atom is -0.457 e. The summed E-state index contributed by atoms with van der Waals surface area (Å²) in [5.74, 6) is -0.405. The highest BCUT2D eigenvalue weighted by molar-refractivity contribution is 5.69. The molecular weight excluding hydrogens is 969 g/mol. The second kappa shape index (κ2) is 48.6. The van der Waals surface area contributed by atoms with Crippen molar-refractivity contribution in [1.82, 2.24) is 0 Å². The first-order valence-electron chi connectivity index (χ1n) is 30.4. The van der Waals surface area contributed by atoms with E-state index in [0.29, 0.717) is 13.0 Å². The monoisotopic (exact) mass is 1080 g/mol. The molecule has 14 nitrogen and oxygen atoms in total. The summed E-state index contributed by atoms with van der Waals surface area (Å²) in [6, 6.07) is 0. The number of aliphatic hydroxyl groups excluding tert-OH is 7. The topological polar surface area (TPSA) is 214 Å². The zero-order valence-electron chi connectivity index (χ0n) is 47.5. The highest BCUT2D eigenvalue weighted by Gasteiger charge is 2.47. The third-order valence-electron chi connectivity index (χ3n) is 14.3. The van der Waals surface area contributed by atoms with Crippen LogP contribution in [0.2, 0.25) is 0 Å². The van der Waals surface area contributed by atoms with Gasteiger partial charge in [0, 0.05) is 13.0 Å². The normalized spacial score (nSPS) is 24.9. The van der Waals surface area contributed by atoms with E-state index in [1.54, 1.807) is 0 Å². The molecule has 0 aliphatic carbocycles. The van der Waals surface area contributed by atoms with Gasteiger partial charge in [-0.3, -0.25) is 4.79 Å². The standard InChI is InChI=1S/C62H110O14/c1-3-5-7-9-11-13-15-17-19-21-23-24-25-26-28-30-32-34-36-38-40-42-44-46-71-48-51(74-54(64)45-43-41-39-37-35-33-31-29-27-22-20-18-16-14-12-10-8-6-4-2)49-72-61-60(70)58(68)56(66)53(76-61)50-73-62-59(69)57(67)55(65)52(47-63)75-62/h6,8,12,14,18,20,27,29,33,35,51-53,55-63,65-70H,3-5,7,9-11,13,15-17,19,21-26,28,30-32,34,36-50H2,1-2H3/b8-6-,14-12-,20-18-,29-27-,35-33-. The number of hydrogen-bond acceptors (Lipinski definition) is 14. The maximum absolute atomic E-state index is 13.1. The fourth-order valence-corrected chi connectivity index (χ4v) is 9.43. The van der Waals surface area contributed by atoms with Crippen molar-refractivity contribution < 1.29 is 69.0 Å². The number of unbranched alkanes of at least 4 members (excludes halogenated alkanes) is 25. The number of carbonyl (C=O) groups excluding carboxylic acids is 1. The molecule has 11 unspecified atom stereocenters. The van der Waals surface area contributed by atoms with Gasteiger partial charge in [-0.15, -0.1) is 0 Å². The summed E-state index contributed by atoms with van der Waals surface area (Å²) < 4.78 is 34.4. The molecule has 0 aromatic rings. The van der Waals surface area contributed by atoms with Crippen LogP contribution in [0.4, 0.5) is 0 Å². The van der Waals surface area contributed by atoms with Gasteiger partial charge in [-0.2, -0.15) is 0 Å². The smallest absolute Gasteiger partial charge is 0.306 e. The van der Waals surface area contributed by atoms with Crippen molar-refractivity contribution >= 4 is 5.97 Å². The van der Waals surface area contributed by atoms with Gasteiger partial charge < -0.3 is 64.2 Å². The fourth-order valence-electron chi connectivity index (χ4n) is 9.43. The highest BCUT2D eigenvalue weighted by atomic mass is 16.7. The van der Waals surface area contributed by atoms with E-state index in [-0.39, 0.29) is 19.6 Å². The Kier molecular flexibility index (Phi) is 44.6. The Morgan fingerprint density at radius 2 is 0.855 bits per heavy atom. The molecule has 11 atom stereocenters. The summed E-state index contributed by atoms with van der Waals surface area (Å²) in [7, 11) is 0. The lowest BCUT2D eigenvalue weighted by Gasteiger charge is -2.42. The average Bonchev–Trinajstić information content (AvgIpc) is 3.42. The largest absolute Gasteiger partial charge is 0.457 e. The first-order valence-corrected chi connectivity index (χ1v) is 30.4. The Hall–Kier alpha value is -2.31. The maximum Gasteiger partial charge on any atom is 0.306 e. The van der Waals surface area contributed by atoms with Crippen molar-refractivity contribution in [3.8, 4) is 0 Å². The van der Waals surface area contributed by atoms with Crippen molar-refractivity contribution in [3.05, 3.63) is 60.8 Å². The lowest BCUT2D eigenvalue weighted by atomic mass is 9.98. The van der Waals surface area contributed by atoms with Crippen LogP contribution in [0.3, 0.4) is 0 Å². The van der Waals surface area contributed by atoms with Gasteiger partial charge in [0.25, 0.3) is 0 Å². The summed E-state index contributed by atoms with van der Waals surface area (Å²) in [5, 5.41) is 72.4. The maximum atomic E-state index is 13.1. The van der Waals surface area contributed by atoms with E-state index in [0.717, 1.165) is 70.6 Å². The van der Waals surface area contributed by atoms with Gasteiger partial charge in [-0.25, -0.2) is 0 Å². The first-order chi connectivity index (χ1) is 37.1. The molecule has 0 spiro atoms.